The van der Waals surface area contributed by atoms with Gasteiger partial charge in [0.1, 0.15) is 0 Å². The fraction of sp³-hybridized carbons (Fsp3) is 0.300. The van der Waals surface area contributed by atoms with Gasteiger partial charge in [-0.25, -0.2) is 0 Å². The van der Waals surface area contributed by atoms with Crippen LogP contribution in [0.1, 0.15) is 13.3 Å². The van der Waals surface area contributed by atoms with Crippen molar-refractivity contribution in [2.45, 2.75) is 19.9 Å². The standard InChI is InChI=1S/C10H11ClN2S/c1-2-5-13-8-4-3-7(11)6-9(8)14-10(13)12/h3-4,6,12H,2,5H2,1H3. The van der Waals surface area contributed by atoms with Crippen molar-refractivity contribution in [1.82, 2.24) is 4.57 Å². The van der Waals surface area contributed by atoms with Gasteiger partial charge in [0.05, 0.1) is 10.2 Å². The van der Waals surface area contributed by atoms with E-state index in [1.807, 2.05) is 22.8 Å². The Morgan fingerprint density at radius 3 is 3.00 bits per heavy atom. The number of aryl methyl sites for hydroxylation is 1. The molecule has 2 rings (SSSR count). The molecular weight excluding hydrogens is 216 g/mol. The lowest BCUT2D eigenvalue weighted by Gasteiger charge is -2.01. The minimum atomic E-state index is 0.601. The Balaban J connectivity index is 2.71. The van der Waals surface area contributed by atoms with Crippen molar-refractivity contribution >= 4 is 33.2 Å². The molecule has 0 radical (unpaired) electrons. The van der Waals surface area contributed by atoms with Gasteiger partial charge in [-0.3, -0.25) is 5.41 Å². The number of benzene rings is 1. The first-order valence-corrected chi connectivity index (χ1v) is 5.75. The lowest BCUT2D eigenvalue weighted by molar-refractivity contribution is 0.676. The van der Waals surface area contributed by atoms with E-state index in [4.69, 9.17) is 17.0 Å². The van der Waals surface area contributed by atoms with E-state index in [0.717, 1.165) is 28.2 Å². The van der Waals surface area contributed by atoms with Crippen molar-refractivity contribution in [3.63, 3.8) is 0 Å². The van der Waals surface area contributed by atoms with Gasteiger partial charge in [0.15, 0.2) is 4.80 Å². The monoisotopic (exact) mass is 226 g/mol. The highest BCUT2D eigenvalue weighted by Gasteiger charge is 2.04. The second-order valence-corrected chi connectivity index (χ2v) is 4.64. The maximum absolute atomic E-state index is 7.81. The molecule has 1 heterocycles. The summed E-state index contributed by atoms with van der Waals surface area (Å²) in [7, 11) is 0. The lowest BCUT2D eigenvalue weighted by atomic mass is 10.3. The first-order chi connectivity index (χ1) is 6.72. The topological polar surface area (TPSA) is 28.8 Å². The van der Waals surface area contributed by atoms with Crippen LogP contribution in [0.2, 0.25) is 5.02 Å². The molecule has 0 unspecified atom stereocenters. The van der Waals surface area contributed by atoms with E-state index >= 15 is 0 Å². The molecule has 1 aromatic carbocycles. The fourth-order valence-electron chi connectivity index (χ4n) is 1.51. The number of hydrogen-bond donors (Lipinski definition) is 1. The van der Waals surface area contributed by atoms with Crippen molar-refractivity contribution < 1.29 is 0 Å². The van der Waals surface area contributed by atoms with Crippen LogP contribution in [0.3, 0.4) is 0 Å². The molecule has 1 aromatic heterocycles. The van der Waals surface area contributed by atoms with Crippen molar-refractivity contribution in [3.05, 3.63) is 28.0 Å². The molecule has 2 nitrogen and oxygen atoms in total. The van der Waals surface area contributed by atoms with Gasteiger partial charge < -0.3 is 4.57 Å². The molecule has 0 atom stereocenters. The van der Waals surface area contributed by atoms with Crippen molar-refractivity contribution in [1.29, 1.82) is 5.41 Å². The first-order valence-electron chi connectivity index (χ1n) is 4.56. The third kappa shape index (κ3) is 1.57. The van der Waals surface area contributed by atoms with Crippen LogP contribution in [-0.4, -0.2) is 4.57 Å². The molecule has 74 valence electrons. The molecule has 0 spiro atoms. The zero-order chi connectivity index (χ0) is 10.1. The van der Waals surface area contributed by atoms with Gasteiger partial charge >= 0.3 is 0 Å². The normalized spacial score (nSPS) is 11.0. The van der Waals surface area contributed by atoms with Crippen LogP contribution in [-0.2, 0) is 6.54 Å². The van der Waals surface area contributed by atoms with Crippen LogP contribution >= 0.6 is 22.9 Å². The minimum Gasteiger partial charge on any atom is -0.317 e. The molecule has 2 aromatic rings. The Morgan fingerprint density at radius 1 is 1.50 bits per heavy atom. The largest absolute Gasteiger partial charge is 0.317 e. The maximum Gasteiger partial charge on any atom is 0.182 e. The molecule has 0 saturated heterocycles. The smallest absolute Gasteiger partial charge is 0.182 e. The number of nitrogens with zero attached hydrogens (tertiary/aromatic N) is 1. The van der Waals surface area contributed by atoms with Gasteiger partial charge in [-0.2, -0.15) is 0 Å². The van der Waals surface area contributed by atoms with Crippen LogP contribution in [0, 0.1) is 5.41 Å². The molecule has 0 bridgehead atoms. The second kappa shape index (κ2) is 3.75. The zero-order valence-corrected chi connectivity index (χ0v) is 9.45. The molecule has 0 amide bonds. The summed E-state index contributed by atoms with van der Waals surface area (Å²) in [5.41, 5.74) is 1.12. The quantitative estimate of drug-likeness (QED) is 0.815. The van der Waals surface area contributed by atoms with Crippen molar-refractivity contribution in [3.8, 4) is 0 Å². The van der Waals surface area contributed by atoms with E-state index in [-0.39, 0.29) is 0 Å². The Morgan fingerprint density at radius 2 is 2.29 bits per heavy atom. The van der Waals surface area contributed by atoms with Gasteiger partial charge in [0, 0.05) is 11.6 Å². The third-order valence-electron chi connectivity index (χ3n) is 2.11. The molecular formula is C10H11ClN2S. The number of fused-ring (bicyclic) bond motifs is 1. The Hall–Kier alpha value is -0.800. The number of halogens is 1. The number of nitrogens with one attached hydrogen (secondary N) is 1. The number of rotatable bonds is 2. The summed E-state index contributed by atoms with van der Waals surface area (Å²) in [5.74, 6) is 0. The van der Waals surface area contributed by atoms with Crippen LogP contribution in [0.25, 0.3) is 10.2 Å². The minimum absolute atomic E-state index is 0.601. The van der Waals surface area contributed by atoms with E-state index in [0.29, 0.717) is 4.80 Å². The number of hydrogen-bond acceptors (Lipinski definition) is 2. The molecule has 0 aliphatic heterocycles. The average Bonchev–Trinajstić information content (AvgIpc) is 2.43. The van der Waals surface area contributed by atoms with Crippen LogP contribution < -0.4 is 4.80 Å². The predicted molar refractivity (Wildman–Crippen MR) is 61.0 cm³/mol. The molecule has 0 saturated carbocycles. The van der Waals surface area contributed by atoms with Gasteiger partial charge in [-0.05, 0) is 24.6 Å². The van der Waals surface area contributed by atoms with E-state index in [1.54, 1.807) is 0 Å². The summed E-state index contributed by atoms with van der Waals surface area (Å²) >= 11 is 7.37. The summed E-state index contributed by atoms with van der Waals surface area (Å²) in [6.45, 7) is 3.02. The highest BCUT2D eigenvalue weighted by atomic mass is 35.5. The lowest BCUT2D eigenvalue weighted by Crippen LogP contribution is -2.12. The maximum atomic E-state index is 7.81. The highest BCUT2D eigenvalue weighted by Crippen LogP contribution is 2.21. The van der Waals surface area contributed by atoms with Gasteiger partial charge in [0.25, 0.3) is 0 Å². The predicted octanol–water partition coefficient (Wildman–Crippen LogP) is 3.25. The van der Waals surface area contributed by atoms with Crippen molar-refractivity contribution in [2.75, 3.05) is 0 Å². The van der Waals surface area contributed by atoms with Crippen LogP contribution in [0.15, 0.2) is 18.2 Å². The average molecular weight is 227 g/mol. The summed E-state index contributed by atoms with van der Waals surface area (Å²) in [6.07, 6.45) is 1.05. The molecule has 14 heavy (non-hydrogen) atoms. The van der Waals surface area contributed by atoms with Crippen LogP contribution in [0.5, 0.6) is 0 Å². The molecule has 1 N–H and O–H groups in total. The fourth-order valence-corrected chi connectivity index (χ4v) is 2.72. The molecule has 4 heteroatoms. The van der Waals surface area contributed by atoms with Crippen molar-refractivity contribution in [2.24, 2.45) is 0 Å². The zero-order valence-electron chi connectivity index (χ0n) is 7.88. The van der Waals surface area contributed by atoms with E-state index in [1.165, 1.54) is 11.3 Å². The Kier molecular flexibility index (Phi) is 2.61. The van der Waals surface area contributed by atoms with Crippen LogP contribution in [0.4, 0.5) is 0 Å². The molecule has 0 aliphatic rings. The number of aromatic nitrogens is 1. The Bertz CT molecular complexity index is 512. The second-order valence-electron chi connectivity index (χ2n) is 3.17. The third-order valence-corrected chi connectivity index (χ3v) is 3.31. The Labute approximate surface area is 91.3 Å². The molecule has 0 aliphatic carbocycles. The van der Waals surface area contributed by atoms with E-state index < -0.39 is 0 Å². The summed E-state index contributed by atoms with van der Waals surface area (Å²) in [4.78, 5) is 0.601. The summed E-state index contributed by atoms with van der Waals surface area (Å²) < 4.78 is 3.12. The SMILES string of the molecule is CCCn1c(=N)sc2cc(Cl)ccc21. The molecule has 0 fully saturated rings. The summed E-state index contributed by atoms with van der Waals surface area (Å²) in [5, 5.41) is 8.55. The summed E-state index contributed by atoms with van der Waals surface area (Å²) in [6, 6.07) is 5.79. The van der Waals surface area contributed by atoms with Gasteiger partial charge in [0.2, 0.25) is 0 Å². The van der Waals surface area contributed by atoms with Gasteiger partial charge in [-0.1, -0.05) is 29.9 Å². The highest BCUT2D eigenvalue weighted by molar-refractivity contribution is 7.16. The van der Waals surface area contributed by atoms with E-state index in [2.05, 4.69) is 6.92 Å². The number of thiazole rings is 1. The van der Waals surface area contributed by atoms with Gasteiger partial charge in [-0.15, -0.1) is 0 Å². The first kappa shape index (κ1) is 9.74. The van der Waals surface area contributed by atoms with E-state index in [9.17, 15) is 0 Å².